The highest BCUT2D eigenvalue weighted by atomic mass is 19.2. The van der Waals surface area contributed by atoms with Crippen molar-refractivity contribution in [2.45, 2.75) is 111 Å². The average molecular weight is 389 g/mol. The number of aliphatic hydroxyl groups is 1. The van der Waals surface area contributed by atoms with Crippen molar-refractivity contribution in [1.82, 2.24) is 0 Å². The van der Waals surface area contributed by atoms with Gasteiger partial charge in [0.15, 0.2) is 6.17 Å². The molecule has 162 valence electrons. The van der Waals surface area contributed by atoms with Gasteiger partial charge in [-0.15, -0.1) is 13.2 Å². The molecule has 2 rings (SSSR count). The van der Waals surface area contributed by atoms with Crippen LogP contribution in [0.1, 0.15) is 92.4 Å². The summed E-state index contributed by atoms with van der Waals surface area (Å²) in [5.41, 5.74) is 0. The van der Waals surface area contributed by atoms with E-state index in [0.717, 1.165) is 30.6 Å². The molecule has 5 atom stereocenters. The number of alkyl halides is 2. The first-order valence-corrected chi connectivity index (χ1v) is 11.4. The Balaban J connectivity index is 0.00000158. The standard InChI is InChI=1S/C20H36F2O.C2H6.C2H4/c1-4-14(6-5-13(2)3)15-7-9-16(10-8-15)17-11-12-18(23)20(22)19(17)21;2*1-2/h13-20,23H,4-12H2,1-3H3;1-2H3;1-2H2. The maximum atomic E-state index is 14.3. The van der Waals surface area contributed by atoms with Crippen molar-refractivity contribution < 1.29 is 13.9 Å². The summed E-state index contributed by atoms with van der Waals surface area (Å²) in [4.78, 5) is 0. The first kappa shape index (κ1) is 26.6. The summed E-state index contributed by atoms with van der Waals surface area (Å²) in [7, 11) is 0. The summed E-state index contributed by atoms with van der Waals surface area (Å²) in [5, 5.41) is 9.50. The van der Waals surface area contributed by atoms with Crippen molar-refractivity contribution in [2.24, 2.45) is 29.6 Å². The molecule has 0 aliphatic heterocycles. The van der Waals surface area contributed by atoms with Crippen LogP contribution in [0.3, 0.4) is 0 Å². The molecule has 27 heavy (non-hydrogen) atoms. The minimum Gasteiger partial charge on any atom is -0.390 e. The molecular formula is C24H46F2O. The van der Waals surface area contributed by atoms with E-state index >= 15 is 0 Å². The molecule has 2 fully saturated rings. The van der Waals surface area contributed by atoms with Crippen LogP contribution in [0.15, 0.2) is 13.2 Å². The topological polar surface area (TPSA) is 20.2 Å². The van der Waals surface area contributed by atoms with Gasteiger partial charge in [0.2, 0.25) is 0 Å². The fraction of sp³-hybridized carbons (Fsp3) is 0.917. The van der Waals surface area contributed by atoms with Gasteiger partial charge in [0.1, 0.15) is 6.17 Å². The molecule has 0 saturated heterocycles. The lowest BCUT2D eigenvalue weighted by Crippen LogP contribution is -2.44. The summed E-state index contributed by atoms with van der Waals surface area (Å²) in [6, 6.07) is 0. The smallest absolute Gasteiger partial charge is 0.157 e. The molecule has 0 radical (unpaired) electrons. The van der Waals surface area contributed by atoms with Crippen molar-refractivity contribution >= 4 is 0 Å². The maximum absolute atomic E-state index is 14.3. The molecule has 3 heteroatoms. The number of rotatable bonds is 6. The van der Waals surface area contributed by atoms with Gasteiger partial charge < -0.3 is 5.11 Å². The second kappa shape index (κ2) is 14.5. The molecule has 0 heterocycles. The second-order valence-electron chi connectivity index (χ2n) is 8.51. The lowest BCUT2D eigenvalue weighted by Gasteiger charge is -2.41. The monoisotopic (exact) mass is 388 g/mol. The van der Waals surface area contributed by atoms with Gasteiger partial charge in [-0.25, -0.2) is 8.78 Å². The number of hydrogen-bond acceptors (Lipinski definition) is 1. The van der Waals surface area contributed by atoms with Crippen molar-refractivity contribution in [3.63, 3.8) is 0 Å². The SMILES string of the molecule is C=C.CC.CCC(CCC(C)C)C1CCC(C2CCC(O)C(F)C2F)CC1. The van der Waals surface area contributed by atoms with E-state index in [1.807, 2.05) is 13.8 Å². The van der Waals surface area contributed by atoms with Crippen molar-refractivity contribution in [2.75, 3.05) is 0 Å². The minimum atomic E-state index is -1.67. The van der Waals surface area contributed by atoms with Gasteiger partial charge in [-0.05, 0) is 74.5 Å². The normalized spacial score (nSPS) is 34.7. The summed E-state index contributed by atoms with van der Waals surface area (Å²) in [6.45, 7) is 16.9. The first-order chi connectivity index (χ1) is 12.9. The Kier molecular flexibility index (Phi) is 14.3. The zero-order valence-electron chi connectivity index (χ0n) is 18.6. The average Bonchev–Trinajstić information content (AvgIpc) is 2.70. The van der Waals surface area contributed by atoms with E-state index in [9.17, 15) is 13.9 Å². The first-order valence-electron chi connectivity index (χ1n) is 11.4. The van der Waals surface area contributed by atoms with E-state index in [1.54, 1.807) is 0 Å². The highest BCUT2D eigenvalue weighted by molar-refractivity contribution is 4.92. The Morgan fingerprint density at radius 1 is 0.889 bits per heavy atom. The van der Waals surface area contributed by atoms with Crippen LogP contribution in [-0.4, -0.2) is 23.6 Å². The predicted octanol–water partition coefficient (Wildman–Crippen LogP) is 7.53. The molecule has 2 saturated carbocycles. The summed E-state index contributed by atoms with van der Waals surface area (Å²) >= 11 is 0. The predicted molar refractivity (Wildman–Crippen MR) is 114 cm³/mol. The summed E-state index contributed by atoms with van der Waals surface area (Å²) < 4.78 is 28.1. The molecule has 0 amide bonds. The maximum Gasteiger partial charge on any atom is 0.157 e. The van der Waals surface area contributed by atoms with Gasteiger partial charge in [0, 0.05) is 0 Å². The number of aliphatic hydroxyl groups excluding tert-OH is 1. The van der Waals surface area contributed by atoms with Crippen LogP contribution in [0.25, 0.3) is 0 Å². The lowest BCUT2D eigenvalue weighted by molar-refractivity contribution is -0.0558. The van der Waals surface area contributed by atoms with Gasteiger partial charge >= 0.3 is 0 Å². The zero-order chi connectivity index (χ0) is 21.0. The van der Waals surface area contributed by atoms with Crippen LogP contribution in [0.2, 0.25) is 0 Å². The van der Waals surface area contributed by atoms with Crippen LogP contribution in [0.5, 0.6) is 0 Å². The minimum absolute atomic E-state index is 0.162. The van der Waals surface area contributed by atoms with Crippen LogP contribution in [-0.2, 0) is 0 Å². The van der Waals surface area contributed by atoms with E-state index in [1.165, 1.54) is 32.1 Å². The molecule has 2 aliphatic carbocycles. The van der Waals surface area contributed by atoms with Crippen LogP contribution >= 0.6 is 0 Å². The molecule has 0 bridgehead atoms. The number of hydrogen-bond donors (Lipinski definition) is 1. The highest BCUT2D eigenvalue weighted by Gasteiger charge is 2.43. The molecule has 0 aromatic rings. The molecule has 0 spiro atoms. The van der Waals surface area contributed by atoms with Crippen molar-refractivity contribution in [1.29, 1.82) is 0 Å². The molecule has 0 aromatic carbocycles. The number of halogens is 2. The van der Waals surface area contributed by atoms with Crippen LogP contribution < -0.4 is 0 Å². The third kappa shape index (κ3) is 8.21. The zero-order valence-corrected chi connectivity index (χ0v) is 18.6. The lowest BCUT2D eigenvalue weighted by atomic mass is 9.66. The Bertz CT molecular complexity index is 352. The fourth-order valence-corrected chi connectivity index (χ4v) is 4.99. The molecule has 0 aromatic heterocycles. The second-order valence-corrected chi connectivity index (χ2v) is 8.51. The summed E-state index contributed by atoms with van der Waals surface area (Å²) in [6.07, 6.45) is 5.22. The van der Waals surface area contributed by atoms with Crippen molar-refractivity contribution in [3.8, 4) is 0 Å². The third-order valence-corrected chi connectivity index (χ3v) is 6.60. The Morgan fingerprint density at radius 3 is 1.93 bits per heavy atom. The van der Waals surface area contributed by atoms with Gasteiger partial charge in [-0.3, -0.25) is 0 Å². The van der Waals surface area contributed by atoms with Crippen LogP contribution in [0.4, 0.5) is 8.78 Å². The molecule has 5 unspecified atom stereocenters. The van der Waals surface area contributed by atoms with E-state index in [4.69, 9.17) is 0 Å². The third-order valence-electron chi connectivity index (χ3n) is 6.60. The van der Waals surface area contributed by atoms with Gasteiger partial charge in [0.05, 0.1) is 6.10 Å². The van der Waals surface area contributed by atoms with Gasteiger partial charge in [-0.1, -0.05) is 47.5 Å². The van der Waals surface area contributed by atoms with E-state index in [-0.39, 0.29) is 5.92 Å². The van der Waals surface area contributed by atoms with Gasteiger partial charge in [0.25, 0.3) is 0 Å². The van der Waals surface area contributed by atoms with E-state index in [2.05, 4.69) is 33.9 Å². The molecule has 1 nitrogen and oxygen atoms in total. The van der Waals surface area contributed by atoms with E-state index < -0.39 is 18.4 Å². The Morgan fingerprint density at radius 2 is 1.44 bits per heavy atom. The van der Waals surface area contributed by atoms with Crippen LogP contribution in [0, 0.1) is 29.6 Å². The molecular weight excluding hydrogens is 342 g/mol. The molecule has 1 N–H and O–H groups in total. The Labute approximate surface area is 168 Å². The molecule has 2 aliphatic rings. The fourth-order valence-electron chi connectivity index (χ4n) is 4.99. The van der Waals surface area contributed by atoms with Crippen molar-refractivity contribution in [3.05, 3.63) is 13.2 Å². The van der Waals surface area contributed by atoms with E-state index in [0.29, 0.717) is 18.8 Å². The quantitative estimate of drug-likeness (QED) is 0.466. The highest BCUT2D eigenvalue weighted by Crippen LogP contribution is 2.44. The Hall–Kier alpha value is -0.440. The van der Waals surface area contributed by atoms with Gasteiger partial charge in [-0.2, -0.15) is 0 Å². The largest absolute Gasteiger partial charge is 0.390 e. The summed E-state index contributed by atoms with van der Waals surface area (Å²) in [5.74, 6) is 2.52.